The Labute approximate surface area is 128 Å². The zero-order valence-electron chi connectivity index (χ0n) is 11.9. The number of nitrogens with two attached hydrogens (primary N) is 1. The van der Waals surface area contributed by atoms with Gasteiger partial charge in [-0.25, -0.2) is 9.97 Å². The molecule has 0 radical (unpaired) electrons. The number of rotatable bonds is 4. The third kappa shape index (κ3) is 3.55. The van der Waals surface area contributed by atoms with E-state index in [4.69, 9.17) is 5.73 Å². The van der Waals surface area contributed by atoms with Crippen LogP contribution >= 0.6 is 15.9 Å². The SMILES string of the molecule is Cc1ccc(Br)cc1-c1cnc(NC(C)(C)CN)nc1. The Kier molecular flexibility index (Phi) is 4.40. The number of halogens is 1. The lowest BCUT2D eigenvalue weighted by molar-refractivity contribution is 0.574. The van der Waals surface area contributed by atoms with Crippen LogP contribution in [0.25, 0.3) is 11.1 Å². The molecule has 0 aliphatic rings. The van der Waals surface area contributed by atoms with Crippen molar-refractivity contribution in [2.45, 2.75) is 26.3 Å². The van der Waals surface area contributed by atoms with Gasteiger partial charge in [-0.2, -0.15) is 0 Å². The van der Waals surface area contributed by atoms with Crippen molar-refractivity contribution in [1.82, 2.24) is 9.97 Å². The van der Waals surface area contributed by atoms with Crippen molar-refractivity contribution in [3.8, 4) is 11.1 Å². The Hall–Kier alpha value is -1.46. The summed E-state index contributed by atoms with van der Waals surface area (Å²) >= 11 is 3.49. The van der Waals surface area contributed by atoms with Gasteiger partial charge in [0.15, 0.2) is 0 Å². The zero-order valence-corrected chi connectivity index (χ0v) is 13.5. The number of aryl methyl sites for hydroxylation is 1. The molecule has 106 valence electrons. The Morgan fingerprint density at radius 2 is 1.90 bits per heavy atom. The molecule has 3 N–H and O–H groups in total. The molecule has 1 aromatic heterocycles. The Bertz CT molecular complexity index is 593. The van der Waals surface area contributed by atoms with Crippen molar-refractivity contribution >= 4 is 21.9 Å². The van der Waals surface area contributed by atoms with Crippen LogP contribution < -0.4 is 11.1 Å². The largest absolute Gasteiger partial charge is 0.348 e. The number of benzene rings is 1. The molecule has 20 heavy (non-hydrogen) atoms. The van der Waals surface area contributed by atoms with E-state index >= 15 is 0 Å². The van der Waals surface area contributed by atoms with E-state index in [-0.39, 0.29) is 5.54 Å². The molecule has 5 heteroatoms. The highest BCUT2D eigenvalue weighted by atomic mass is 79.9. The summed E-state index contributed by atoms with van der Waals surface area (Å²) in [6.45, 7) is 6.62. The molecule has 0 saturated heterocycles. The summed E-state index contributed by atoms with van der Waals surface area (Å²) in [6, 6.07) is 6.17. The van der Waals surface area contributed by atoms with Crippen LogP contribution in [0.15, 0.2) is 35.1 Å². The standard InChI is InChI=1S/C15H19BrN4/c1-10-4-5-12(16)6-13(10)11-7-18-14(19-8-11)20-15(2,3)9-17/h4-8H,9,17H2,1-3H3,(H,18,19,20). The van der Waals surface area contributed by atoms with Crippen LogP contribution in [0.4, 0.5) is 5.95 Å². The van der Waals surface area contributed by atoms with Gasteiger partial charge in [-0.15, -0.1) is 0 Å². The van der Waals surface area contributed by atoms with Crippen LogP contribution in [0.1, 0.15) is 19.4 Å². The summed E-state index contributed by atoms with van der Waals surface area (Å²) in [6.07, 6.45) is 3.66. The number of nitrogens with zero attached hydrogens (tertiary/aromatic N) is 2. The molecule has 1 aromatic carbocycles. The van der Waals surface area contributed by atoms with Crippen molar-refractivity contribution in [3.63, 3.8) is 0 Å². The van der Waals surface area contributed by atoms with E-state index in [0.29, 0.717) is 12.5 Å². The molecule has 0 bridgehead atoms. The summed E-state index contributed by atoms with van der Waals surface area (Å²) in [5.74, 6) is 0.594. The topological polar surface area (TPSA) is 63.8 Å². The molecule has 0 fully saturated rings. The maximum Gasteiger partial charge on any atom is 0.223 e. The molecule has 0 atom stereocenters. The molecule has 1 heterocycles. The Morgan fingerprint density at radius 3 is 2.50 bits per heavy atom. The monoisotopic (exact) mass is 334 g/mol. The third-order valence-electron chi connectivity index (χ3n) is 3.12. The zero-order chi connectivity index (χ0) is 14.8. The summed E-state index contributed by atoms with van der Waals surface area (Å²) in [4.78, 5) is 8.73. The normalized spacial score (nSPS) is 11.4. The maximum absolute atomic E-state index is 5.69. The van der Waals surface area contributed by atoms with Gasteiger partial charge in [0.25, 0.3) is 0 Å². The van der Waals surface area contributed by atoms with Gasteiger partial charge in [0.1, 0.15) is 0 Å². The van der Waals surface area contributed by atoms with E-state index in [2.05, 4.69) is 50.3 Å². The lowest BCUT2D eigenvalue weighted by Gasteiger charge is -2.24. The van der Waals surface area contributed by atoms with Crippen molar-refractivity contribution in [1.29, 1.82) is 0 Å². The first-order valence-corrected chi connectivity index (χ1v) is 7.27. The maximum atomic E-state index is 5.69. The van der Waals surface area contributed by atoms with E-state index in [1.807, 2.05) is 32.3 Å². The van der Waals surface area contributed by atoms with Gasteiger partial charge in [0, 0.05) is 34.5 Å². The fraction of sp³-hybridized carbons (Fsp3) is 0.333. The predicted molar refractivity (Wildman–Crippen MR) is 86.7 cm³/mol. The molecule has 0 saturated carbocycles. The molecule has 0 spiro atoms. The highest BCUT2D eigenvalue weighted by Crippen LogP contribution is 2.26. The predicted octanol–water partition coefficient (Wildman–Crippen LogP) is 3.36. The second-order valence-electron chi connectivity index (χ2n) is 5.47. The molecular weight excluding hydrogens is 316 g/mol. The minimum atomic E-state index is -0.215. The first-order valence-electron chi connectivity index (χ1n) is 6.48. The van der Waals surface area contributed by atoms with Crippen LogP contribution in [0.5, 0.6) is 0 Å². The number of hydrogen-bond donors (Lipinski definition) is 2. The van der Waals surface area contributed by atoms with Crippen LogP contribution in [0.2, 0.25) is 0 Å². The first-order chi connectivity index (χ1) is 9.41. The average Bonchev–Trinajstić information content (AvgIpc) is 2.42. The van der Waals surface area contributed by atoms with Crippen LogP contribution in [-0.2, 0) is 0 Å². The number of hydrogen-bond acceptors (Lipinski definition) is 4. The van der Waals surface area contributed by atoms with E-state index in [1.165, 1.54) is 5.56 Å². The summed E-state index contributed by atoms with van der Waals surface area (Å²) in [5.41, 5.74) is 8.80. The second kappa shape index (κ2) is 5.89. The summed E-state index contributed by atoms with van der Waals surface area (Å²) < 4.78 is 1.05. The van der Waals surface area contributed by atoms with E-state index in [9.17, 15) is 0 Å². The lowest BCUT2D eigenvalue weighted by Crippen LogP contribution is -2.39. The molecular formula is C15H19BrN4. The lowest BCUT2D eigenvalue weighted by atomic mass is 10.0. The van der Waals surface area contributed by atoms with E-state index < -0.39 is 0 Å². The van der Waals surface area contributed by atoms with Gasteiger partial charge in [0.05, 0.1) is 0 Å². The van der Waals surface area contributed by atoms with Crippen LogP contribution in [-0.4, -0.2) is 22.1 Å². The average molecular weight is 335 g/mol. The Morgan fingerprint density at radius 1 is 1.25 bits per heavy atom. The van der Waals surface area contributed by atoms with Crippen molar-refractivity contribution in [2.75, 3.05) is 11.9 Å². The van der Waals surface area contributed by atoms with Crippen LogP contribution in [0.3, 0.4) is 0 Å². The molecule has 0 amide bonds. The van der Waals surface area contributed by atoms with Gasteiger partial charge in [-0.05, 0) is 44.0 Å². The fourth-order valence-corrected chi connectivity index (χ4v) is 2.15. The number of aromatic nitrogens is 2. The summed E-state index contributed by atoms with van der Waals surface area (Å²) in [7, 11) is 0. The minimum Gasteiger partial charge on any atom is -0.348 e. The van der Waals surface area contributed by atoms with E-state index in [0.717, 1.165) is 15.6 Å². The third-order valence-corrected chi connectivity index (χ3v) is 3.62. The molecule has 0 aliphatic heterocycles. The van der Waals surface area contributed by atoms with Gasteiger partial charge in [-0.3, -0.25) is 0 Å². The van der Waals surface area contributed by atoms with E-state index in [1.54, 1.807) is 0 Å². The molecule has 2 aromatic rings. The highest BCUT2D eigenvalue weighted by molar-refractivity contribution is 9.10. The smallest absolute Gasteiger partial charge is 0.223 e. The molecule has 0 aliphatic carbocycles. The molecule has 2 rings (SSSR count). The first kappa shape index (κ1) is 14.9. The van der Waals surface area contributed by atoms with Crippen LogP contribution in [0, 0.1) is 6.92 Å². The van der Waals surface area contributed by atoms with Gasteiger partial charge < -0.3 is 11.1 Å². The van der Waals surface area contributed by atoms with Gasteiger partial charge in [-0.1, -0.05) is 22.0 Å². The second-order valence-corrected chi connectivity index (χ2v) is 6.38. The Balaban J connectivity index is 2.26. The van der Waals surface area contributed by atoms with Crippen molar-refractivity contribution < 1.29 is 0 Å². The molecule has 0 unspecified atom stereocenters. The minimum absolute atomic E-state index is 0.215. The van der Waals surface area contributed by atoms with Crippen molar-refractivity contribution in [2.24, 2.45) is 5.73 Å². The van der Waals surface area contributed by atoms with Crippen molar-refractivity contribution in [3.05, 3.63) is 40.6 Å². The highest BCUT2D eigenvalue weighted by Gasteiger charge is 2.16. The van der Waals surface area contributed by atoms with Gasteiger partial charge >= 0.3 is 0 Å². The quantitative estimate of drug-likeness (QED) is 0.899. The summed E-state index contributed by atoms with van der Waals surface area (Å²) in [5, 5.41) is 3.22. The fourth-order valence-electron chi connectivity index (χ4n) is 1.79. The number of anilines is 1. The van der Waals surface area contributed by atoms with Gasteiger partial charge in [0.2, 0.25) is 5.95 Å². The molecule has 4 nitrogen and oxygen atoms in total. The number of nitrogens with one attached hydrogen (secondary N) is 1.